The third-order valence-electron chi connectivity index (χ3n) is 2.98. The Morgan fingerprint density at radius 2 is 2.30 bits per heavy atom. The van der Waals surface area contributed by atoms with Crippen molar-refractivity contribution >= 4 is 21.6 Å². The highest BCUT2D eigenvalue weighted by molar-refractivity contribution is 9.10. The lowest BCUT2D eigenvalue weighted by Crippen LogP contribution is -2.30. The first-order valence-electron chi connectivity index (χ1n) is 6.33. The summed E-state index contributed by atoms with van der Waals surface area (Å²) in [5.41, 5.74) is 0.934. The maximum Gasteiger partial charge on any atom is 0.283 e. The number of hydrogen-bond donors (Lipinski definition) is 1. The third-order valence-corrected chi connectivity index (χ3v) is 3.65. The number of rotatable bonds is 5. The van der Waals surface area contributed by atoms with Crippen molar-refractivity contribution in [2.45, 2.75) is 32.3 Å². The molecule has 1 aliphatic heterocycles. The molecule has 0 radical (unpaired) electrons. The number of nitro benzene ring substituents is 1. The second kappa shape index (κ2) is 6.17. The monoisotopic (exact) mass is 344 g/mol. The first kappa shape index (κ1) is 15.4. The van der Waals surface area contributed by atoms with Crippen molar-refractivity contribution in [1.82, 2.24) is 5.32 Å². The number of nitrogens with one attached hydrogen (secondary N) is 1. The second-order valence-corrected chi connectivity index (χ2v) is 5.98. The average molecular weight is 345 g/mol. The third kappa shape index (κ3) is 3.99. The van der Waals surface area contributed by atoms with Gasteiger partial charge < -0.3 is 14.8 Å². The van der Waals surface area contributed by atoms with Crippen LogP contribution in [-0.4, -0.2) is 30.0 Å². The highest BCUT2D eigenvalue weighted by Crippen LogP contribution is 2.25. The van der Waals surface area contributed by atoms with Crippen LogP contribution >= 0.6 is 15.9 Å². The Bertz CT molecular complexity index is 507. The zero-order valence-electron chi connectivity index (χ0n) is 11.4. The molecule has 110 valence electrons. The Hall–Kier alpha value is -1.02. The molecule has 0 spiro atoms. The Morgan fingerprint density at radius 3 is 2.90 bits per heavy atom. The molecular formula is C13H17BrN2O4. The molecule has 0 aromatic heterocycles. The Labute approximate surface area is 125 Å². The van der Waals surface area contributed by atoms with Crippen LogP contribution in [0.2, 0.25) is 0 Å². The van der Waals surface area contributed by atoms with Crippen molar-refractivity contribution in [1.29, 1.82) is 0 Å². The molecule has 1 aromatic carbocycles. The van der Waals surface area contributed by atoms with E-state index >= 15 is 0 Å². The normalized spacial score (nSPS) is 21.1. The highest BCUT2D eigenvalue weighted by Gasteiger charge is 2.32. The SMILES string of the molecule is CC1(C)OCC(CNCc2ccc(Br)c([N+](=O)[O-])c2)O1. The summed E-state index contributed by atoms with van der Waals surface area (Å²) in [5.74, 6) is -0.525. The summed E-state index contributed by atoms with van der Waals surface area (Å²) in [4.78, 5) is 10.4. The van der Waals surface area contributed by atoms with Crippen molar-refractivity contribution in [3.8, 4) is 0 Å². The number of nitrogens with zero attached hydrogens (tertiary/aromatic N) is 1. The quantitative estimate of drug-likeness (QED) is 0.656. The number of benzene rings is 1. The van der Waals surface area contributed by atoms with Gasteiger partial charge in [0.25, 0.3) is 5.69 Å². The first-order valence-corrected chi connectivity index (χ1v) is 7.12. The predicted molar refractivity (Wildman–Crippen MR) is 77.4 cm³/mol. The van der Waals surface area contributed by atoms with Crippen LogP contribution < -0.4 is 5.32 Å². The van der Waals surface area contributed by atoms with Gasteiger partial charge in [-0.1, -0.05) is 6.07 Å². The minimum Gasteiger partial charge on any atom is -0.348 e. The van der Waals surface area contributed by atoms with E-state index in [2.05, 4.69) is 21.2 Å². The standard InChI is InChI=1S/C13H17BrN2O4/c1-13(2)19-8-10(20-13)7-15-6-9-3-4-11(14)12(5-9)16(17)18/h3-5,10,15H,6-8H2,1-2H3. The molecule has 1 unspecified atom stereocenters. The molecule has 20 heavy (non-hydrogen) atoms. The fourth-order valence-corrected chi connectivity index (χ4v) is 2.44. The van der Waals surface area contributed by atoms with Gasteiger partial charge in [-0.3, -0.25) is 10.1 Å². The average Bonchev–Trinajstić information content (AvgIpc) is 2.71. The summed E-state index contributed by atoms with van der Waals surface area (Å²) in [5, 5.41) is 14.1. The number of halogens is 1. The smallest absolute Gasteiger partial charge is 0.283 e. The van der Waals surface area contributed by atoms with E-state index in [0.29, 0.717) is 24.2 Å². The largest absolute Gasteiger partial charge is 0.348 e. The van der Waals surface area contributed by atoms with E-state index in [4.69, 9.17) is 9.47 Å². The van der Waals surface area contributed by atoms with E-state index in [0.717, 1.165) is 5.56 Å². The van der Waals surface area contributed by atoms with Crippen LogP contribution in [-0.2, 0) is 16.0 Å². The number of ether oxygens (including phenoxy) is 2. The summed E-state index contributed by atoms with van der Waals surface area (Å²) in [6.07, 6.45) is 0.00966. The van der Waals surface area contributed by atoms with Gasteiger partial charge in [0.1, 0.15) is 0 Å². The maximum atomic E-state index is 10.8. The van der Waals surface area contributed by atoms with Crippen LogP contribution in [0.1, 0.15) is 19.4 Å². The highest BCUT2D eigenvalue weighted by atomic mass is 79.9. The van der Waals surface area contributed by atoms with Crippen LogP contribution in [0, 0.1) is 10.1 Å². The topological polar surface area (TPSA) is 73.6 Å². The van der Waals surface area contributed by atoms with Crippen molar-refractivity contribution in [2.24, 2.45) is 0 Å². The van der Waals surface area contributed by atoms with Gasteiger partial charge in [-0.2, -0.15) is 0 Å². The van der Waals surface area contributed by atoms with E-state index in [1.165, 1.54) is 0 Å². The maximum absolute atomic E-state index is 10.8. The Balaban J connectivity index is 1.86. The summed E-state index contributed by atoms with van der Waals surface area (Å²) in [6, 6.07) is 5.10. The molecule has 1 saturated heterocycles. The lowest BCUT2D eigenvalue weighted by Gasteiger charge is -2.17. The van der Waals surface area contributed by atoms with E-state index in [1.54, 1.807) is 12.1 Å². The van der Waals surface area contributed by atoms with Gasteiger partial charge in [0.15, 0.2) is 5.79 Å². The minimum absolute atomic E-state index is 0.00966. The molecule has 1 heterocycles. The van der Waals surface area contributed by atoms with Crippen LogP contribution in [0.5, 0.6) is 0 Å². The summed E-state index contributed by atoms with van der Waals surface area (Å²) >= 11 is 3.17. The Kier molecular flexibility index (Phi) is 4.74. The van der Waals surface area contributed by atoms with E-state index in [9.17, 15) is 10.1 Å². The molecule has 1 N–H and O–H groups in total. The van der Waals surface area contributed by atoms with Gasteiger partial charge in [-0.15, -0.1) is 0 Å². The lowest BCUT2D eigenvalue weighted by molar-refractivity contribution is -0.385. The summed E-state index contributed by atoms with van der Waals surface area (Å²) in [7, 11) is 0. The van der Waals surface area contributed by atoms with E-state index in [1.807, 2.05) is 19.9 Å². The molecule has 0 amide bonds. The zero-order valence-corrected chi connectivity index (χ0v) is 13.0. The molecule has 1 aliphatic rings. The second-order valence-electron chi connectivity index (χ2n) is 5.12. The zero-order chi connectivity index (χ0) is 14.8. The Morgan fingerprint density at radius 1 is 1.55 bits per heavy atom. The molecule has 1 atom stereocenters. The number of hydrogen-bond acceptors (Lipinski definition) is 5. The molecule has 0 saturated carbocycles. The molecule has 0 bridgehead atoms. The molecule has 6 nitrogen and oxygen atoms in total. The predicted octanol–water partition coefficient (Wildman–Crippen LogP) is 2.60. The van der Waals surface area contributed by atoms with Gasteiger partial charge >= 0.3 is 0 Å². The van der Waals surface area contributed by atoms with Crippen LogP contribution in [0.4, 0.5) is 5.69 Å². The van der Waals surface area contributed by atoms with E-state index < -0.39 is 10.7 Å². The van der Waals surface area contributed by atoms with Gasteiger partial charge in [0.05, 0.1) is 22.1 Å². The van der Waals surface area contributed by atoms with Gasteiger partial charge in [-0.25, -0.2) is 0 Å². The van der Waals surface area contributed by atoms with E-state index in [-0.39, 0.29) is 11.8 Å². The van der Waals surface area contributed by atoms with Crippen molar-refractivity contribution in [2.75, 3.05) is 13.2 Å². The summed E-state index contributed by atoms with van der Waals surface area (Å²) < 4.78 is 11.6. The van der Waals surface area contributed by atoms with Gasteiger partial charge in [-0.05, 0) is 41.4 Å². The molecule has 2 rings (SSSR count). The van der Waals surface area contributed by atoms with Crippen molar-refractivity contribution in [3.05, 3.63) is 38.3 Å². The molecule has 0 aliphatic carbocycles. The lowest BCUT2D eigenvalue weighted by atomic mass is 10.2. The molecule has 7 heteroatoms. The first-order chi connectivity index (χ1) is 9.37. The van der Waals surface area contributed by atoms with Crippen molar-refractivity contribution in [3.63, 3.8) is 0 Å². The minimum atomic E-state index is -0.525. The van der Waals surface area contributed by atoms with Crippen LogP contribution in [0.15, 0.2) is 22.7 Å². The molecule has 1 aromatic rings. The van der Waals surface area contributed by atoms with Gasteiger partial charge in [0.2, 0.25) is 0 Å². The summed E-state index contributed by atoms with van der Waals surface area (Å²) in [6.45, 7) is 5.51. The van der Waals surface area contributed by atoms with Crippen molar-refractivity contribution < 1.29 is 14.4 Å². The molecule has 1 fully saturated rings. The van der Waals surface area contributed by atoms with Crippen LogP contribution in [0.25, 0.3) is 0 Å². The fourth-order valence-electron chi connectivity index (χ4n) is 2.05. The number of nitro groups is 1. The van der Waals surface area contributed by atoms with Gasteiger partial charge in [0, 0.05) is 19.2 Å². The fraction of sp³-hybridized carbons (Fsp3) is 0.538. The molecular weight excluding hydrogens is 328 g/mol. The van der Waals surface area contributed by atoms with Crippen LogP contribution in [0.3, 0.4) is 0 Å².